The van der Waals surface area contributed by atoms with Gasteiger partial charge in [-0.3, -0.25) is 14.8 Å². The summed E-state index contributed by atoms with van der Waals surface area (Å²) in [6.45, 7) is 9.54. The highest BCUT2D eigenvalue weighted by atomic mass is 16.4. The van der Waals surface area contributed by atoms with Crippen molar-refractivity contribution in [1.82, 2.24) is 14.8 Å². The zero-order chi connectivity index (χ0) is 15.2. The van der Waals surface area contributed by atoms with Gasteiger partial charge in [-0.1, -0.05) is 25.1 Å². The monoisotopic (exact) mass is 291 g/mol. The van der Waals surface area contributed by atoms with Crippen LogP contribution >= 0.6 is 0 Å². The number of oxime groups is 1. The fourth-order valence-electron chi connectivity index (χ4n) is 3.08. The highest BCUT2D eigenvalue weighted by Gasteiger charge is 2.26. The third-order valence-electron chi connectivity index (χ3n) is 4.21. The lowest BCUT2D eigenvalue weighted by atomic mass is 10.1. The summed E-state index contributed by atoms with van der Waals surface area (Å²) in [6.07, 6.45) is 2.86. The van der Waals surface area contributed by atoms with E-state index in [4.69, 9.17) is 10.9 Å². The van der Waals surface area contributed by atoms with Crippen LogP contribution in [0.1, 0.15) is 31.5 Å². The van der Waals surface area contributed by atoms with Crippen molar-refractivity contribution >= 4 is 5.84 Å². The maximum atomic E-state index is 8.85. The standard InChI is InChI=1S/C15H25N5O/c1-3-20(4-2)13-7-9-19(11-13)10-12-6-5-8-17-14(12)15(16)18-21/h5-6,8,13,21H,3-4,7,9-11H2,1-2H3,(H2,16,18). The molecular weight excluding hydrogens is 266 g/mol. The minimum Gasteiger partial charge on any atom is -0.409 e. The van der Waals surface area contributed by atoms with E-state index in [0.717, 1.165) is 38.3 Å². The van der Waals surface area contributed by atoms with Crippen molar-refractivity contribution in [1.29, 1.82) is 0 Å². The third-order valence-corrected chi connectivity index (χ3v) is 4.21. The van der Waals surface area contributed by atoms with Gasteiger partial charge in [-0.05, 0) is 31.1 Å². The second-order valence-corrected chi connectivity index (χ2v) is 5.40. The maximum absolute atomic E-state index is 8.85. The topological polar surface area (TPSA) is 78.0 Å². The number of hydrogen-bond acceptors (Lipinski definition) is 5. The van der Waals surface area contributed by atoms with Gasteiger partial charge in [0.2, 0.25) is 0 Å². The zero-order valence-corrected chi connectivity index (χ0v) is 12.9. The van der Waals surface area contributed by atoms with Gasteiger partial charge in [0.05, 0.1) is 0 Å². The van der Waals surface area contributed by atoms with Crippen LogP contribution < -0.4 is 5.73 Å². The molecule has 1 fully saturated rings. The minimum absolute atomic E-state index is 0.0742. The Balaban J connectivity index is 2.04. The van der Waals surface area contributed by atoms with Gasteiger partial charge in [0.1, 0.15) is 5.69 Å². The van der Waals surface area contributed by atoms with Crippen LogP contribution in [-0.4, -0.2) is 58.0 Å². The van der Waals surface area contributed by atoms with Crippen LogP contribution in [0.4, 0.5) is 0 Å². The largest absolute Gasteiger partial charge is 0.409 e. The summed E-state index contributed by atoms with van der Waals surface area (Å²) in [7, 11) is 0. The first-order valence-corrected chi connectivity index (χ1v) is 7.57. The first kappa shape index (κ1) is 15.7. The van der Waals surface area contributed by atoms with E-state index in [1.54, 1.807) is 6.20 Å². The molecule has 0 saturated carbocycles. The van der Waals surface area contributed by atoms with Crippen molar-refractivity contribution in [3.05, 3.63) is 29.6 Å². The lowest BCUT2D eigenvalue weighted by Gasteiger charge is -2.26. The number of likely N-dealkylation sites (N-methyl/N-ethyl adjacent to an activating group) is 1. The number of nitrogens with two attached hydrogens (primary N) is 1. The number of pyridine rings is 1. The first-order chi connectivity index (χ1) is 10.2. The molecule has 1 aliphatic heterocycles. The molecule has 6 heteroatoms. The molecule has 21 heavy (non-hydrogen) atoms. The van der Waals surface area contributed by atoms with Crippen molar-refractivity contribution in [3.8, 4) is 0 Å². The SMILES string of the molecule is CCN(CC)C1CCN(Cc2cccnc2C(N)=NO)C1. The van der Waals surface area contributed by atoms with Crippen LogP contribution in [0.2, 0.25) is 0 Å². The molecule has 1 aromatic rings. The normalized spacial score (nSPS) is 20.3. The molecular formula is C15H25N5O. The average Bonchev–Trinajstić information content (AvgIpc) is 2.97. The molecule has 0 bridgehead atoms. The van der Waals surface area contributed by atoms with E-state index in [0.29, 0.717) is 11.7 Å². The van der Waals surface area contributed by atoms with E-state index < -0.39 is 0 Å². The Hall–Kier alpha value is -1.66. The van der Waals surface area contributed by atoms with Gasteiger partial charge in [-0.2, -0.15) is 0 Å². The molecule has 0 radical (unpaired) electrons. The number of likely N-dealkylation sites (tertiary alicyclic amines) is 1. The molecule has 1 aromatic heterocycles. The lowest BCUT2D eigenvalue weighted by molar-refractivity contribution is 0.209. The average molecular weight is 291 g/mol. The summed E-state index contributed by atoms with van der Waals surface area (Å²) in [5.41, 5.74) is 7.28. The fourth-order valence-corrected chi connectivity index (χ4v) is 3.08. The van der Waals surface area contributed by atoms with E-state index in [1.807, 2.05) is 12.1 Å². The molecule has 2 rings (SSSR count). The molecule has 0 aromatic carbocycles. The summed E-state index contributed by atoms with van der Waals surface area (Å²) >= 11 is 0. The molecule has 6 nitrogen and oxygen atoms in total. The predicted octanol–water partition coefficient (Wildman–Crippen LogP) is 1.09. The van der Waals surface area contributed by atoms with E-state index in [9.17, 15) is 0 Å². The van der Waals surface area contributed by atoms with Crippen molar-refractivity contribution in [3.63, 3.8) is 0 Å². The summed E-state index contributed by atoms with van der Waals surface area (Å²) in [6, 6.07) is 4.51. The molecule has 1 atom stereocenters. The molecule has 0 spiro atoms. The van der Waals surface area contributed by atoms with E-state index >= 15 is 0 Å². The Labute approximate surface area is 126 Å². The van der Waals surface area contributed by atoms with Crippen LogP contribution in [0.5, 0.6) is 0 Å². The Bertz CT molecular complexity index is 487. The van der Waals surface area contributed by atoms with Gasteiger partial charge >= 0.3 is 0 Å². The van der Waals surface area contributed by atoms with Crippen LogP contribution in [-0.2, 0) is 6.54 Å². The molecule has 0 amide bonds. The maximum Gasteiger partial charge on any atom is 0.189 e. The van der Waals surface area contributed by atoms with Crippen LogP contribution in [0.3, 0.4) is 0 Å². The first-order valence-electron chi connectivity index (χ1n) is 7.57. The quantitative estimate of drug-likeness (QED) is 0.355. The van der Waals surface area contributed by atoms with Gasteiger partial charge in [0, 0.05) is 31.9 Å². The Morgan fingerprint density at radius 1 is 1.52 bits per heavy atom. The summed E-state index contributed by atoms with van der Waals surface area (Å²) in [5.74, 6) is 0.0742. The summed E-state index contributed by atoms with van der Waals surface area (Å²) < 4.78 is 0. The molecule has 1 saturated heterocycles. The highest BCUT2D eigenvalue weighted by molar-refractivity contribution is 5.96. The number of rotatable bonds is 6. The number of amidine groups is 1. The van der Waals surface area contributed by atoms with E-state index in [-0.39, 0.29) is 5.84 Å². The zero-order valence-electron chi connectivity index (χ0n) is 12.9. The molecule has 0 aliphatic carbocycles. The van der Waals surface area contributed by atoms with E-state index in [1.165, 1.54) is 6.42 Å². The smallest absolute Gasteiger partial charge is 0.189 e. The van der Waals surface area contributed by atoms with Gasteiger partial charge in [-0.15, -0.1) is 0 Å². The Morgan fingerprint density at radius 2 is 2.29 bits per heavy atom. The third kappa shape index (κ3) is 3.71. The van der Waals surface area contributed by atoms with E-state index in [2.05, 4.69) is 33.8 Å². The Morgan fingerprint density at radius 3 is 2.95 bits per heavy atom. The van der Waals surface area contributed by atoms with Gasteiger partial charge in [0.25, 0.3) is 0 Å². The summed E-state index contributed by atoms with van der Waals surface area (Å²) in [4.78, 5) is 9.14. The second-order valence-electron chi connectivity index (χ2n) is 5.40. The molecule has 1 unspecified atom stereocenters. The molecule has 116 valence electrons. The van der Waals surface area contributed by atoms with Gasteiger partial charge in [0.15, 0.2) is 5.84 Å². The van der Waals surface area contributed by atoms with Crippen molar-refractivity contribution in [2.24, 2.45) is 10.9 Å². The molecule has 3 N–H and O–H groups in total. The van der Waals surface area contributed by atoms with Crippen LogP contribution in [0.25, 0.3) is 0 Å². The minimum atomic E-state index is 0.0742. The number of nitrogens with zero attached hydrogens (tertiary/aromatic N) is 4. The van der Waals surface area contributed by atoms with Gasteiger partial charge < -0.3 is 10.9 Å². The molecule has 1 aliphatic rings. The Kier molecular flexibility index (Phi) is 5.52. The predicted molar refractivity (Wildman–Crippen MR) is 83.4 cm³/mol. The van der Waals surface area contributed by atoms with Crippen molar-refractivity contribution in [2.75, 3.05) is 26.2 Å². The fraction of sp³-hybridized carbons (Fsp3) is 0.600. The number of hydrogen-bond donors (Lipinski definition) is 2. The second kappa shape index (κ2) is 7.38. The van der Waals surface area contributed by atoms with Crippen molar-refractivity contribution in [2.45, 2.75) is 32.9 Å². The summed E-state index contributed by atoms with van der Waals surface area (Å²) in [5, 5.41) is 11.9. The number of aromatic nitrogens is 1. The lowest BCUT2D eigenvalue weighted by Crippen LogP contribution is -2.37. The van der Waals surface area contributed by atoms with Crippen LogP contribution in [0.15, 0.2) is 23.5 Å². The van der Waals surface area contributed by atoms with Gasteiger partial charge in [-0.25, -0.2) is 0 Å². The highest BCUT2D eigenvalue weighted by Crippen LogP contribution is 2.19. The molecule has 2 heterocycles. The van der Waals surface area contributed by atoms with Crippen LogP contribution in [0, 0.1) is 0 Å². The van der Waals surface area contributed by atoms with Crippen molar-refractivity contribution < 1.29 is 5.21 Å².